The van der Waals surface area contributed by atoms with Crippen LogP contribution in [-0.4, -0.2) is 14.5 Å². The van der Waals surface area contributed by atoms with E-state index in [0.717, 1.165) is 21.1 Å². The van der Waals surface area contributed by atoms with Crippen LogP contribution < -0.4 is 0 Å². The van der Waals surface area contributed by atoms with Crippen LogP contribution in [0.15, 0.2) is 47.3 Å². The molecule has 1 N–H and O–H groups in total. The fraction of sp³-hybridized carbons (Fsp3) is 0. The van der Waals surface area contributed by atoms with E-state index in [1.54, 1.807) is 6.20 Å². The number of fused-ring (bicyclic) bond motifs is 1. The Labute approximate surface area is 111 Å². The molecule has 0 atom stereocenters. The highest BCUT2D eigenvalue weighted by atomic mass is 79.9. The zero-order chi connectivity index (χ0) is 11.8. The van der Waals surface area contributed by atoms with Gasteiger partial charge in [-0.2, -0.15) is 0 Å². The zero-order valence-electron chi connectivity index (χ0n) is 8.72. The van der Waals surface area contributed by atoms with E-state index in [0.29, 0.717) is 4.77 Å². The van der Waals surface area contributed by atoms with E-state index in [9.17, 15) is 0 Å². The van der Waals surface area contributed by atoms with E-state index < -0.39 is 0 Å². The monoisotopic (exact) mass is 305 g/mol. The van der Waals surface area contributed by atoms with Crippen LogP contribution in [0, 0.1) is 4.77 Å². The van der Waals surface area contributed by atoms with Crippen LogP contribution in [-0.2, 0) is 0 Å². The van der Waals surface area contributed by atoms with Gasteiger partial charge in [-0.3, -0.25) is 9.55 Å². The van der Waals surface area contributed by atoms with Gasteiger partial charge in [0.05, 0.1) is 11.2 Å². The highest BCUT2D eigenvalue weighted by Crippen LogP contribution is 2.23. The number of aromatic nitrogens is 3. The maximum atomic E-state index is 5.23. The summed E-state index contributed by atoms with van der Waals surface area (Å²) in [4.78, 5) is 7.43. The molecule has 0 fully saturated rings. The molecule has 0 saturated carbocycles. The van der Waals surface area contributed by atoms with Crippen molar-refractivity contribution in [3.63, 3.8) is 0 Å². The van der Waals surface area contributed by atoms with Crippen molar-refractivity contribution >= 4 is 39.1 Å². The van der Waals surface area contributed by atoms with Gasteiger partial charge in [-0.15, -0.1) is 0 Å². The third-order valence-electron chi connectivity index (χ3n) is 2.57. The first kappa shape index (κ1) is 10.7. The fourth-order valence-electron chi connectivity index (χ4n) is 1.82. The molecule has 2 heterocycles. The smallest absolute Gasteiger partial charge is 0.181 e. The van der Waals surface area contributed by atoms with Crippen LogP contribution in [0.2, 0.25) is 0 Å². The van der Waals surface area contributed by atoms with Crippen LogP contribution in [0.1, 0.15) is 0 Å². The number of pyridine rings is 1. The van der Waals surface area contributed by atoms with E-state index in [-0.39, 0.29) is 0 Å². The van der Waals surface area contributed by atoms with E-state index in [2.05, 4.69) is 25.9 Å². The average Bonchev–Trinajstić information content (AvgIpc) is 2.74. The van der Waals surface area contributed by atoms with Gasteiger partial charge in [-0.1, -0.05) is 12.1 Å². The van der Waals surface area contributed by atoms with Gasteiger partial charge < -0.3 is 4.98 Å². The topological polar surface area (TPSA) is 33.6 Å². The number of hydrogen-bond acceptors (Lipinski definition) is 2. The lowest BCUT2D eigenvalue weighted by molar-refractivity contribution is 1.04. The minimum absolute atomic E-state index is 0.669. The summed E-state index contributed by atoms with van der Waals surface area (Å²) >= 11 is 8.65. The lowest BCUT2D eigenvalue weighted by Gasteiger charge is -2.06. The number of imidazole rings is 1. The van der Waals surface area contributed by atoms with Gasteiger partial charge in [0.25, 0.3) is 0 Å². The van der Waals surface area contributed by atoms with Crippen LogP contribution in [0.5, 0.6) is 0 Å². The maximum Gasteiger partial charge on any atom is 0.181 e. The third kappa shape index (κ3) is 1.81. The summed E-state index contributed by atoms with van der Waals surface area (Å²) in [7, 11) is 0. The first-order chi connectivity index (χ1) is 8.25. The molecule has 0 aliphatic carbocycles. The highest BCUT2D eigenvalue weighted by Gasteiger charge is 2.05. The molecule has 0 bridgehead atoms. The Hall–Kier alpha value is -1.46. The molecule has 84 valence electrons. The summed E-state index contributed by atoms with van der Waals surface area (Å²) in [5.74, 6) is 0. The molecule has 1 aromatic carbocycles. The number of hydrogen-bond donors (Lipinski definition) is 1. The zero-order valence-corrected chi connectivity index (χ0v) is 11.1. The normalized spacial score (nSPS) is 10.9. The number of nitrogens with zero attached hydrogens (tertiary/aromatic N) is 2. The molecule has 3 aromatic rings. The Bertz CT molecular complexity index is 745. The number of para-hydroxylation sites is 1. The van der Waals surface area contributed by atoms with Crippen molar-refractivity contribution in [2.75, 3.05) is 0 Å². The Morgan fingerprint density at radius 3 is 3.00 bits per heavy atom. The predicted octanol–water partition coefficient (Wildman–Crippen LogP) is 3.85. The second-order valence-electron chi connectivity index (χ2n) is 3.64. The minimum atomic E-state index is 0.669. The standard InChI is InChI=1S/C12H8BrN3S/c13-9-6-8-2-1-3-10(11(8)15-7-9)16-5-4-14-12(16)17/h1-7H,(H,14,17). The molecule has 0 aliphatic rings. The molecule has 3 nitrogen and oxygen atoms in total. The van der Waals surface area contributed by atoms with Crippen LogP contribution >= 0.6 is 28.1 Å². The summed E-state index contributed by atoms with van der Waals surface area (Å²) in [6.07, 6.45) is 5.52. The maximum absolute atomic E-state index is 5.23. The molecule has 3 rings (SSSR count). The van der Waals surface area contributed by atoms with Crippen molar-refractivity contribution in [1.82, 2.24) is 14.5 Å². The third-order valence-corrected chi connectivity index (χ3v) is 3.31. The van der Waals surface area contributed by atoms with Crippen molar-refractivity contribution in [2.24, 2.45) is 0 Å². The molecule has 2 aromatic heterocycles. The Morgan fingerprint density at radius 1 is 1.35 bits per heavy atom. The molecule has 0 spiro atoms. The van der Waals surface area contributed by atoms with Gasteiger partial charge in [-0.25, -0.2) is 0 Å². The Kier molecular flexibility index (Phi) is 2.57. The largest absolute Gasteiger partial charge is 0.337 e. The number of nitrogens with one attached hydrogen (secondary N) is 1. The number of halogens is 1. The van der Waals surface area contributed by atoms with E-state index in [4.69, 9.17) is 12.2 Å². The van der Waals surface area contributed by atoms with Gasteiger partial charge in [0.2, 0.25) is 0 Å². The molecular weight excluding hydrogens is 298 g/mol. The van der Waals surface area contributed by atoms with Gasteiger partial charge in [0.15, 0.2) is 4.77 Å². The van der Waals surface area contributed by atoms with Crippen molar-refractivity contribution in [2.45, 2.75) is 0 Å². The molecular formula is C12H8BrN3S. The van der Waals surface area contributed by atoms with Gasteiger partial charge in [-0.05, 0) is 40.3 Å². The molecule has 0 amide bonds. The van der Waals surface area contributed by atoms with Crippen LogP contribution in [0.25, 0.3) is 16.6 Å². The molecule has 0 radical (unpaired) electrons. The Morgan fingerprint density at radius 2 is 2.24 bits per heavy atom. The van der Waals surface area contributed by atoms with E-state index in [1.165, 1.54) is 0 Å². The minimum Gasteiger partial charge on any atom is -0.337 e. The van der Waals surface area contributed by atoms with Crippen molar-refractivity contribution in [1.29, 1.82) is 0 Å². The van der Waals surface area contributed by atoms with Crippen molar-refractivity contribution in [3.05, 3.63) is 52.1 Å². The first-order valence-corrected chi connectivity index (χ1v) is 6.26. The molecule has 5 heteroatoms. The Balaban J connectivity index is 2.38. The average molecular weight is 306 g/mol. The van der Waals surface area contributed by atoms with Gasteiger partial charge in [0, 0.05) is 28.4 Å². The number of benzene rings is 1. The second kappa shape index (κ2) is 4.09. The summed E-state index contributed by atoms with van der Waals surface area (Å²) in [6.45, 7) is 0. The number of H-pyrrole nitrogens is 1. The predicted molar refractivity (Wildman–Crippen MR) is 74.0 cm³/mol. The summed E-state index contributed by atoms with van der Waals surface area (Å²) in [5.41, 5.74) is 1.92. The summed E-state index contributed by atoms with van der Waals surface area (Å²) in [5, 5.41) is 1.08. The number of rotatable bonds is 1. The highest BCUT2D eigenvalue weighted by molar-refractivity contribution is 9.10. The van der Waals surface area contributed by atoms with Gasteiger partial charge >= 0.3 is 0 Å². The number of aromatic amines is 1. The first-order valence-electron chi connectivity index (χ1n) is 5.06. The van der Waals surface area contributed by atoms with Crippen molar-refractivity contribution in [3.8, 4) is 5.69 Å². The van der Waals surface area contributed by atoms with Crippen LogP contribution in [0.3, 0.4) is 0 Å². The van der Waals surface area contributed by atoms with Crippen LogP contribution in [0.4, 0.5) is 0 Å². The summed E-state index contributed by atoms with van der Waals surface area (Å²) in [6, 6.07) is 8.09. The molecule has 0 aliphatic heterocycles. The van der Waals surface area contributed by atoms with E-state index in [1.807, 2.05) is 41.2 Å². The molecule has 17 heavy (non-hydrogen) atoms. The quantitative estimate of drug-likeness (QED) is 0.693. The second-order valence-corrected chi connectivity index (χ2v) is 4.94. The lowest BCUT2D eigenvalue weighted by Crippen LogP contribution is -1.95. The lowest BCUT2D eigenvalue weighted by atomic mass is 10.2. The molecule has 0 saturated heterocycles. The van der Waals surface area contributed by atoms with Crippen molar-refractivity contribution < 1.29 is 0 Å². The SMILES string of the molecule is S=c1[nH]ccn1-c1cccc2cc(Br)cnc12. The van der Waals surface area contributed by atoms with E-state index >= 15 is 0 Å². The molecule has 0 unspecified atom stereocenters. The summed E-state index contributed by atoms with van der Waals surface area (Å²) < 4.78 is 3.56. The van der Waals surface area contributed by atoms with Gasteiger partial charge in [0.1, 0.15) is 0 Å². The fourth-order valence-corrected chi connectivity index (χ4v) is 2.40.